The van der Waals surface area contributed by atoms with Crippen LogP contribution in [0.1, 0.15) is 45.5 Å². The quantitative estimate of drug-likeness (QED) is 0.354. The van der Waals surface area contributed by atoms with Crippen LogP contribution >= 0.6 is 23.2 Å². The molecule has 1 aromatic carbocycles. The zero-order chi connectivity index (χ0) is 24.3. The van der Waals surface area contributed by atoms with Gasteiger partial charge in [0.05, 0.1) is 6.54 Å². The third-order valence-electron chi connectivity index (χ3n) is 5.14. The van der Waals surface area contributed by atoms with Crippen molar-refractivity contribution in [3.8, 4) is 11.6 Å². The highest BCUT2D eigenvalue weighted by Gasteiger charge is 2.30. The minimum atomic E-state index is -1.37. The van der Waals surface area contributed by atoms with Crippen molar-refractivity contribution in [1.29, 1.82) is 0 Å². The van der Waals surface area contributed by atoms with Crippen LogP contribution in [0.5, 0.6) is 11.6 Å². The van der Waals surface area contributed by atoms with Crippen molar-refractivity contribution in [2.45, 2.75) is 25.8 Å². The number of rotatable bonds is 9. The minimum Gasteiger partial charge on any atom is -0.506 e. The number of carboxylic acids is 1. The van der Waals surface area contributed by atoms with Crippen molar-refractivity contribution in [3.63, 3.8) is 0 Å². The van der Waals surface area contributed by atoms with Crippen molar-refractivity contribution in [2.75, 3.05) is 13.1 Å². The first-order valence-electron chi connectivity index (χ1n) is 10.0. The second-order valence-electron chi connectivity index (χ2n) is 7.61. The molecular weight excluding hydrogens is 477 g/mol. The number of hydrogen-bond acceptors (Lipinski definition) is 6. The van der Waals surface area contributed by atoms with Gasteiger partial charge in [0.2, 0.25) is 5.88 Å². The number of carbonyl (C=O) groups excluding carboxylic acids is 2. The van der Waals surface area contributed by atoms with Gasteiger partial charge in [-0.3, -0.25) is 23.7 Å². The first-order chi connectivity index (χ1) is 15.6. The second kappa shape index (κ2) is 10.1. The summed E-state index contributed by atoms with van der Waals surface area (Å²) in [6.07, 6.45) is 2.82. The fourth-order valence-corrected chi connectivity index (χ4v) is 3.68. The maximum absolute atomic E-state index is 13.1. The topological polar surface area (TPSA) is 158 Å². The van der Waals surface area contributed by atoms with Crippen LogP contribution < -0.4 is 16.2 Å². The third-order valence-corrected chi connectivity index (χ3v) is 5.73. The van der Waals surface area contributed by atoms with E-state index in [0.717, 1.165) is 12.8 Å². The van der Waals surface area contributed by atoms with Crippen LogP contribution in [0.3, 0.4) is 0 Å². The summed E-state index contributed by atoms with van der Waals surface area (Å²) in [5.74, 6) is -5.00. The van der Waals surface area contributed by atoms with Crippen LogP contribution in [0, 0.1) is 5.92 Å². The lowest BCUT2D eigenvalue weighted by atomic mass is 10.1. The van der Waals surface area contributed by atoms with E-state index in [1.165, 1.54) is 18.2 Å². The Bertz CT molecular complexity index is 1180. The molecule has 10 nitrogen and oxygen atoms in total. The zero-order valence-corrected chi connectivity index (χ0v) is 18.7. The maximum Gasteiger partial charge on any atom is 0.322 e. The van der Waals surface area contributed by atoms with Crippen molar-refractivity contribution in [1.82, 2.24) is 15.2 Å². The lowest BCUT2D eigenvalue weighted by Gasteiger charge is -2.17. The Labute approximate surface area is 197 Å². The van der Waals surface area contributed by atoms with Gasteiger partial charge < -0.3 is 26.0 Å². The molecule has 1 aliphatic rings. The maximum atomic E-state index is 13.1. The average molecular weight is 498 g/mol. The molecule has 0 spiro atoms. The predicted molar refractivity (Wildman–Crippen MR) is 119 cm³/mol. The van der Waals surface area contributed by atoms with E-state index in [2.05, 4.69) is 5.32 Å². The van der Waals surface area contributed by atoms with Crippen LogP contribution in [0.2, 0.25) is 10.0 Å². The molecule has 0 atom stereocenters. The Morgan fingerprint density at radius 1 is 1.06 bits per heavy atom. The molecule has 1 fully saturated rings. The Morgan fingerprint density at radius 2 is 1.73 bits per heavy atom. The normalized spacial score (nSPS) is 12.9. The number of nitrogens with one attached hydrogen (secondary N) is 2. The molecular formula is C21H21Cl2N3O7. The monoisotopic (exact) mass is 497 g/mol. The number of aliphatic carboxylic acids is 1. The van der Waals surface area contributed by atoms with Crippen molar-refractivity contribution in [3.05, 3.63) is 55.3 Å². The first kappa shape index (κ1) is 24.4. The summed E-state index contributed by atoms with van der Waals surface area (Å²) in [4.78, 5) is 49.1. The number of amides is 2. The summed E-state index contributed by atoms with van der Waals surface area (Å²) in [7, 11) is 0. The highest BCUT2D eigenvalue weighted by Crippen LogP contribution is 2.32. The number of aromatic nitrogens is 1. The van der Waals surface area contributed by atoms with E-state index < -0.39 is 52.6 Å². The van der Waals surface area contributed by atoms with Crippen LogP contribution in [-0.4, -0.2) is 50.8 Å². The van der Waals surface area contributed by atoms with E-state index in [1.54, 1.807) is 0 Å². The second-order valence-corrected chi connectivity index (χ2v) is 8.46. The zero-order valence-electron chi connectivity index (χ0n) is 17.2. The number of nitrogens with zero attached hydrogens (tertiary/aromatic N) is 1. The standard InChI is InChI=1S/C21H21Cl2N3O7/c22-12-4-3-11(13(23)7-12)9-26-20(32)15(18(30)24-6-5-10-1-2-10)17(29)16(21(26)33)19(31)25-8-14(27)28/h3-4,7,10,29,33H,1-2,5-6,8-9H2,(H,24,30)(H,25,31)(H,27,28). The minimum absolute atomic E-state index is 0.161. The molecule has 0 saturated heterocycles. The van der Waals surface area contributed by atoms with Gasteiger partial charge in [-0.15, -0.1) is 0 Å². The van der Waals surface area contributed by atoms with E-state index in [0.29, 0.717) is 27.5 Å². The molecule has 2 amide bonds. The average Bonchev–Trinajstić information content (AvgIpc) is 3.55. The van der Waals surface area contributed by atoms with E-state index in [-0.39, 0.29) is 18.1 Å². The molecule has 0 bridgehead atoms. The molecule has 1 saturated carbocycles. The Morgan fingerprint density at radius 3 is 2.33 bits per heavy atom. The number of pyridine rings is 1. The molecule has 1 aromatic heterocycles. The number of carboxylic acid groups (broad SMARTS) is 1. The van der Waals surface area contributed by atoms with Gasteiger partial charge in [-0.25, -0.2) is 0 Å². The van der Waals surface area contributed by atoms with Crippen LogP contribution in [0.25, 0.3) is 0 Å². The summed E-state index contributed by atoms with van der Waals surface area (Å²) in [6, 6.07) is 4.40. The van der Waals surface area contributed by atoms with E-state index in [1.807, 2.05) is 5.32 Å². The Kier molecular flexibility index (Phi) is 7.50. The number of hydrogen-bond donors (Lipinski definition) is 5. The Balaban J connectivity index is 2.06. The van der Waals surface area contributed by atoms with Crippen LogP contribution in [-0.2, 0) is 11.3 Å². The lowest BCUT2D eigenvalue weighted by Crippen LogP contribution is -2.37. The Hall–Kier alpha value is -3.24. The number of halogens is 2. The van der Waals surface area contributed by atoms with Crippen molar-refractivity contribution < 1.29 is 29.7 Å². The predicted octanol–water partition coefficient (Wildman–Crippen LogP) is 1.96. The van der Waals surface area contributed by atoms with Gasteiger partial charge in [-0.1, -0.05) is 42.1 Å². The fraction of sp³-hybridized carbons (Fsp3) is 0.333. The third kappa shape index (κ3) is 5.77. The van der Waals surface area contributed by atoms with E-state index in [9.17, 15) is 29.4 Å². The largest absolute Gasteiger partial charge is 0.506 e. The molecule has 5 N–H and O–H groups in total. The smallest absolute Gasteiger partial charge is 0.322 e. The van der Waals surface area contributed by atoms with Gasteiger partial charge in [0.1, 0.15) is 17.7 Å². The molecule has 2 aromatic rings. The summed E-state index contributed by atoms with van der Waals surface area (Å²) < 4.78 is 0.695. The molecule has 0 aliphatic heterocycles. The van der Waals surface area contributed by atoms with Gasteiger partial charge in [-0.05, 0) is 30.0 Å². The molecule has 0 radical (unpaired) electrons. The van der Waals surface area contributed by atoms with E-state index in [4.69, 9.17) is 28.3 Å². The highest BCUT2D eigenvalue weighted by molar-refractivity contribution is 6.35. The highest BCUT2D eigenvalue weighted by atomic mass is 35.5. The summed E-state index contributed by atoms with van der Waals surface area (Å²) in [5, 5.41) is 35.0. The number of benzene rings is 1. The van der Waals surface area contributed by atoms with Gasteiger partial charge in [0.25, 0.3) is 17.4 Å². The van der Waals surface area contributed by atoms with Gasteiger partial charge >= 0.3 is 5.97 Å². The first-order valence-corrected chi connectivity index (χ1v) is 10.8. The van der Waals surface area contributed by atoms with Crippen LogP contribution in [0.4, 0.5) is 0 Å². The molecule has 0 unspecified atom stereocenters. The fourth-order valence-electron chi connectivity index (χ4n) is 3.21. The van der Waals surface area contributed by atoms with Gasteiger partial charge in [0, 0.05) is 16.6 Å². The van der Waals surface area contributed by atoms with Crippen molar-refractivity contribution >= 4 is 41.0 Å². The molecule has 33 heavy (non-hydrogen) atoms. The lowest BCUT2D eigenvalue weighted by molar-refractivity contribution is -0.135. The molecule has 1 heterocycles. The van der Waals surface area contributed by atoms with Gasteiger partial charge in [0.15, 0.2) is 5.75 Å². The van der Waals surface area contributed by atoms with E-state index >= 15 is 0 Å². The molecule has 176 valence electrons. The van der Waals surface area contributed by atoms with Crippen molar-refractivity contribution in [2.24, 2.45) is 5.92 Å². The number of carbonyl (C=O) groups is 3. The number of aromatic hydroxyl groups is 2. The SMILES string of the molecule is O=C(O)CNC(=O)c1c(O)c(C(=O)NCCC2CC2)c(=O)n(Cc2ccc(Cl)cc2Cl)c1O. The summed E-state index contributed by atoms with van der Waals surface area (Å²) in [5.41, 5.74) is -2.29. The summed E-state index contributed by atoms with van der Waals surface area (Å²) in [6.45, 7) is -0.919. The molecule has 12 heteroatoms. The summed E-state index contributed by atoms with van der Waals surface area (Å²) >= 11 is 12.0. The molecule has 3 rings (SSSR count). The molecule has 1 aliphatic carbocycles. The van der Waals surface area contributed by atoms with Crippen LogP contribution in [0.15, 0.2) is 23.0 Å². The van der Waals surface area contributed by atoms with Gasteiger partial charge in [-0.2, -0.15) is 0 Å².